The van der Waals surface area contributed by atoms with Crippen molar-refractivity contribution in [1.82, 2.24) is 0 Å². The second-order valence-corrected chi connectivity index (χ2v) is 5.95. The molecule has 1 amide bonds. The van der Waals surface area contributed by atoms with Crippen LogP contribution in [0.25, 0.3) is 0 Å². The molecular formula is C20H20FNO5. The van der Waals surface area contributed by atoms with Gasteiger partial charge in [0.1, 0.15) is 11.6 Å². The number of ether oxygens (including phenoxy) is 2. The highest BCUT2D eigenvalue weighted by Crippen LogP contribution is 2.20. The van der Waals surface area contributed by atoms with Gasteiger partial charge >= 0.3 is 5.97 Å². The number of rotatable bonds is 7. The van der Waals surface area contributed by atoms with E-state index < -0.39 is 24.2 Å². The van der Waals surface area contributed by atoms with Crippen LogP contribution in [-0.2, 0) is 14.3 Å². The van der Waals surface area contributed by atoms with Gasteiger partial charge in [0.25, 0.3) is 0 Å². The van der Waals surface area contributed by atoms with Crippen LogP contribution in [0.15, 0.2) is 36.4 Å². The lowest BCUT2D eigenvalue weighted by Gasteiger charge is -2.11. The largest absolute Gasteiger partial charge is 0.482 e. The number of aryl methyl sites for hydroxylation is 1. The van der Waals surface area contributed by atoms with Crippen molar-refractivity contribution in [1.29, 1.82) is 0 Å². The maximum Gasteiger partial charge on any atom is 0.344 e. The summed E-state index contributed by atoms with van der Waals surface area (Å²) in [6.45, 7) is 4.11. The summed E-state index contributed by atoms with van der Waals surface area (Å²) in [5.74, 6) is -2.04. The molecule has 0 heterocycles. The van der Waals surface area contributed by atoms with Gasteiger partial charge in [0.15, 0.2) is 13.2 Å². The van der Waals surface area contributed by atoms with Crippen molar-refractivity contribution in [3.8, 4) is 5.75 Å². The monoisotopic (exact) mass is 373 g/mol. The summed E-state index contributed by atoms with van der Waals surface area (Å²) in [7, 11) is 0. The molecule has 0 fully saturated rings. The van der Waals surface area contributed by atoms with Gasteiger partial charge in [0.2, 0.25) is 11.7 Å². The van der Waals surface area contributed by atoms with Crippen molar-refractivity contribution in [2.75, 3.05) is 18.5 Å². The van der Waals surface area contributed by atoms with Crippen LogP contribution in [0.3, 0.4) is 0 Å². The first-order chi connectivity index (χ1) is 12.8. The van der Waals surface area contributed by atoms with E-state index in [4.69, 9.17) is 9.47 Å². The van der Waals surface area contributed by atoms with E-state index in [1.807, 2.05) is 19.9 Å². The molecule has 0 aromatic heterocycles. The van der Waals surface area contributed by atoms with Gasteiger partial charge in [-0.2, -0.15) is 0 Å². The summed E-state index contributed by atoms with van der Waals surface area (Å²) >= 11 is 0. The Labute approximate surface area is 156 Å². The number of ketones is 1. The van der Waals surface area contributed by atoms with Crippen molar-refractivity contribution in [3.63, 3.8) is 0 Å². The van der Waals surface area contributed by atoms with E-state index in [-0.39, 0.29) is 23.8 Å². The van der Waals surface area contributed by atoms with Crippen LogP contribution in [0.2, 0.25) is 0 Å². The summed E-state index contributed by atoms with van der Waals surface area (Å²) in [4.78, 5) is 34.8. The molecule has 1 N–H and O–H groups in total. The molecule has 0 aliphatic rings. The zero-order valence-corrected chi connectivity index (χ0v) is 15.3. The van der Waals surface area contributed by atoms with E-state index in [0.29, 0.717) is 5.75 Å². The maximum absolute atomic E-state index is 14.0. The van der Waals surface area contributed by atoms with Gasteiger partial charge in [0.05, 0.1) is 5.56 Å². The number of nitrogens with one attached hydrogen (secondary N) is 1. The van der Waals surface area contributed by atoms with Gasteiger partial charge in [0, 0.05) is 12.6 Å². The van der Waals surface area contributed by atoms with Crippen LogP contribution < -0.4 is 10.1 Å². The smallest absolute Gasteiger partial charge is 0.344 e. The number of hydrogen-bond donors (Lipinski definition) is 1. The Hall–Kier alpha value is -3.22. The fourth-order valence-corrected chi connectivity index (χ4v) is 2.30. The van der Waals surface area contributed by atoms with Crippen LogP contribution in [0.1, 0.15) is 28.4 Å². The summed E-state index contributed by atoms with van der Waals surface area (Å²) < 4.78 is 24.2. The Balaban J connectivity index is 1.88. The first kappa shape index (κ1) is 20.1. The molecule has 2 aromatic carbocycles. The van der Waals surface area contributed by atoms with Crippen LogP contribution >= 0.6 is 0 Å². The Morgan fingerprint density at radius 2 is 1.81 bits per heavy atom. The highest BCUT2D eigenvalue weighted by Gasteiger charge is 2.15. The summed E-state index contributed by atoms with van der Waals surface area (Å²) in [6, 6.07) is 9.10. The third kappa shape index (κ3) is 5.64. The normalized spacial score (nSPS) is 10.2. The minimum absolute atomic E-state index is 0.229. The molecule has 27 heavy (non-hydrogen) atoms. The van der Waals surface area contributed by atoms with E-state index in [1.165, 1.54) is 19.1 Å². The SMILES string of the molecule is CC(=O)Nc1ccc(C(=O)COC(=O)COc2cccc(C)c2C)c(F)c1. The van der Waals surface area contributed by atoms with E-state index in [1.54, 1.807) is 12.1 Å². The average Bonchev–Trinajstić information content (AvgIpc) is 2.60. The number of hydrogen-bond acceptors (Lipinski definition) is 5. The summed E-state index contributed by atoms with van der Waals surface area (Å²) in [5, 5.41) is 2.41. The van der Waals surface area contributed by atoms with Crippen LogP contribution in [-0.4, -0.2) is 30.9 Å². The fraction of sp³-hybridized carbons (Fsp3) is 0.250. The summed E-state index contributed by atoms with van der Waals surface area (Å²) in [6.07, 6.45) is 0. The van der Waals surface area contributed by atoms with Gasteiger partial charge in [-0.05, 0) is 49.2 Å². The van der Waals surface area contributed by atoms with Gasteiger partial charge in [-0.15, -0.1) is 0 Å². The number of anilines is 1. The zero-order chi connectivity index (χ0) is 20.0. The third-order valence-electron chi connectivity index (χ3n) is 3.85. The first-order valence-electron chi connectivity index (χ1n) is 8.23. The molecule has 0 aliphatic heterocycles. The van der Waals surface area contributed by atoms with Gasteiger partial charge < -0.3 is 14.8 Å². The Bertz CT molecular complexity index is 879. The van der Waals surface area contributed by atoms with Gasteiger partial charge in [-0.25, -0.2) is 9.18 Å². The van der Waals surface area contributed by atoms with E-state index in [0.717, 1.165) is 17.2 Å². The lowest BCUT2D eigenvalue weighted by molar-refractivity contribution is -0.144. The van der Waals surface area contributed by atoms with Crippen molar-refractivity contribution < 1.29 is 28.2 Å². The molecule has 2 rings (SSSR count). The lowest BCUT2D eigenvalue weighted by atomic mass is 10.1. The van der Waals surface area contributed by atoms with E-state index >= 15 is 0 Å². The van der Waals surface area contributed by atoms with Crippen LogP contribution in [0, 0.1) is 19.7 Å². The molecule has 142 valence electrons. The van der Waals surface area contributed by atoms with Gasteiger partial charge in [-0.1, -0.05) is 12.1 Å². The molecular weight excluding hydrogens is 353 g/mol. The quantitative estimate of drug-likeness (QED) is 0.595. The van der Waals surface area contributed by atoms with Crippen LogP contribution in [0.5, 0.6) is 5.75 Å². The molecule has 0 atom stereocenters. The molecule has 6 nitrogen and oxygen atoms in total. The van der Waals surface area contributed by atoms with Crippen molar-refractivity contribution in [2.45, 2.75) is 20.8 Å². The number of Topliss-reactive ketones (excluding diaryl/α,β-unsaturated/α-hetero) is 1. The molecule has 0 aliphatic carbocycles. The fourth-order valence-electron chi connectivity index (χ4n) is 2.30. The molecule has 0 bridgehead atoms. The number of carbonyl (C=O) groups excluding carboxylic acids is 3. The predicted octanol–water partition coefficient (Wildman–Crippen LogP) is 3.21. The third-order valence-corrected chi connectivity index (χ3v) is 3.85. The number of amides is 1. The van der Waals surface area contributed by atoms with E-state index in [2.05, 4.69) is 5.32 Å². The molecule has 0 unspecified atom stereocenters. The van der Waals surface area contributed by atoms with Crippen molar-refractivity contribution >= 4 is 23.3 Å². The molecule has 0 saturated carbocycles. The lowest BCUT2D eigenvalue weighted by Crippen LogP contribution is -2.20. The highest BCUT2D eigenvalue weighted by atomic mass is 19.1. The topological polar surface area (TPSA) is 81.7 Å². The molecule has 0 saturated heterocycles. The minimum atomic E-state index is -0.811. The molecule has 0 spiro atoms. The summed E-state index contributed by atoms with van der Waals surface area (Å²) in [5.41, 5.74) is 1.93. The second-order valence-electron chi connectivity index (χ2n) is 5.95. The zero-order valence-electron chi connectivity index (χ0n) is 15.3. The Kier molecular flexibility index (Phi) is 6.65. The standard InChI is InChI=1S/C20H20FNO5/c1-12-5-4-6-19(13(12)2)26-11-20(25)27-10-18(24)16-8-7-15(9-17(16)21)22-14(3)23/h4-9H,10-11H2,1-3H3,(H,22,23). The van der Waals surface area contributed by atoms with E-state index in [9.17, 15) is 18.8 Å². The average molecular weight is 373 g/mol. The molecule has 7 heteroatoms. The Morgan fingerprint density at radius 3 is 2.48 bits per heavy atom. The molecule has 0 radical (unpaired) electrons. The highest BCUT2D eigenvalue weighted by molar-refractivity contribution is 5.99. The second kappa shape index (κ2) is 8.93. The first-order valence-corrected chi connectivity index (χ1v) is 8.23. The van der Waals surface area contributed by atoms with Crippen molar-refractivity contribution in [2.24, 2.45) is 0 Å². The number of carbonyl (C=O) groups is 3. The molecule has 2 aromatic rings. The van der Waals surface area contributed by atoms with Crippen LogP contribution in [0.4, 0.5) is 10.1 Å². The number of halogens is 1. The predicted molar refractivity (Wildman–Crippen MR) is 97.4 cm³/mol. The Morgan fingerprint density at radius 1 is 1.07 bits per heavy atom. The maximum atomic E-state index is 14.0. The number of benzene rings is 2. The minimum Gasteiger partial charge on any atom is -0.482 e. The van der Waals surface area contributed by atoms with Crippen molar-refractivity contribution in [3.05, 3.63) is 58.9 Å². The number of esters is 1. The van der Waals surface area contributed by atoms with Gasteiger partial charge in [-0.3, -0.25) is 9.59 Å².